The maximum absolute atomic E-state index is 13.3. The molecule has 0 radical (unpaired) electrons. The number of hydrogen-bond acceptors (Lipinski definition) is 6. The normalized spacial score (nSPS) is 15.6. The number of aromatic nitrogens is 3. The predicted octanol–water partition coefficient (Wildman–Crippen LogP) is 3.79. The Hall–Kier alpha value is -4.09. The van der Waals surface area contributed by atoms with E-state index in [0.29, 0.717) is 11.4 Å². The van der Waals surface area contributed by atoms with Crippen LogP contribution in [0.2, 0.25) is 0 Å². The highest BCUT2D eigenvalue weighted by Crippen LogP contribution is 2.37. The van der Waals surface area contributed by atoms with E-state index in [1.807, 2.05) is 0 Å². The number of hydrogen-bond donors (Lipinski definition) is 1. The third-order valence-electron chi connectivity index (χ3n) is 5.30. The number of fused-ring (bicyclic) bond motifs is 1. The molecule has 34 heavy (non-hydrogen) atoms. The maximum atomic E-state index is 13.3. The van der Waals surface area contributed by atoms with Crippen molar-refractivity contribution in [3.8, 4) is 11.6 Å². The standard InChI is InChI=1S/C22H20F3N5O4/c1-12-11-29(17-8-7-16(22(23,24)25)20(28-17)34-3)21(32)18-15(10-26-30(12)18)19(31)27-13-5-4-6-14(9-13)33-2/h4-10,12H,11H2,1-3H3,(H,27,31). The summed E-state index contributed by atoms with van der Waals surface area (Å²) in [6, 6.07) is 8.21. The third-order valence-corrected chi connectivity index (χ3v) is 5.30. The first-order chi connectivity index (χ1) is 16.1. The summed E-state index contributed by atoms with van der Waals surface area (Å²) in [6.07, 6.45) is -3.39. The molecule has 0 saturated heterocycles. The highest BCUT2D eigenvalue weighted by atomic mass is 19.4. The van der Waals surface area contributed by atoms with Crippen molar-refractivity contribution in [2.75, 3.05) is 31.0 Å². The van der Waals surface area contributed by atoms with Gasteiger partial charge in [-0.1, -0.05) is 6.07 Å². The Balaban J connectivity index is 1.67. The van der Waals surface area contributed by atoms with Gasteiger partial charge in [-0.25, -0.2) is 0 Å². The summed E-state index contributed by atoms with van der Waals surface area (Å²) >= 11 is 0. The maximum Gasteiger partial charge on any atom is 0.421 e. The monoisotopic (exact) mass is 475 g/mol. The molecule has 12 heteroatoms. The Morgan fingerprint density at radius 1 is 1.18 bits per heavy atom. The molecule has 1 aliphatic rings. The second kappa shape index (κ2) is 8.69. The summed E-state index contributed by atoms with van der Waals surface area (Å²) in [5.41, 5.74) is -0.589. The molecule has 0 aliphatic carbocycles. The molecular formula is C22H20F3N5O4. The average molecular weight is 475 g/mol. The number of alkyl halides is 3. The zero-order valence-corrected chi connectivity index (χ0v) is 18.4. The molecular weight excluding hydrogens is 455 g/mol. The van der Waals surface area contributed by atoms with Crippen molar-refractivity contribution in [3.05, 3.63) is 59.4 Å². The molecule has 1 aromatic carbocycles. The number of nitrogens with zero attached hydrogens (tertiary/aromatic N) is 4. The summed E-state index contributed by atoms with van der Waals surface area (Å²) in [6.45, 7) is 1.85. The zero-order valence-electron chi connectivity index (χ0n) is 18.4. The summed E-state index contributed by atoms with van der Waals surface area (Å²) < 4.78 is 51.0. The quantitative estimate of drug-likeness (QED) is 0.603. The second-order valence-corrected chi connectivity index (χ2v) is 7.53. The van der Waals surface area contributed by atoms with Gasteiger partial charge in [0.2, 0.25) is 5.88 Å². The summed E-state index contributed by atoms with van der Waals surface area (Å²) in [7, 11) is 2.56. The van der Waals surface area contributed by atoms with Crippen LogP contribution in [-0.4, -0.2) is 47.3 Å². The largest absolute Gasteiger partial charge is 0.497 e. The van der Waals surface area contributed by atoms with Crippen LogP contribution in [0.25, 0.3) is 0 Å². The molecule has 0 saturated carbocycles. The van der Waals surface area contributed by atoms with E-state index in [2.05, 4.69) is 15.4 Å². The molecule has 2 amide bonds. The van der Waals surface area contributed by atoms with Gasteiger partial charge in [0.05, 0.1) is 32.0 Å². The molecule has 2 aromatic heterocycles. The minimum Gasteiger partial charge on any atom is -0.497 e. The van der Waals surface area contributed by atoms with Crippen LogP contribution in [0.3, 0.4) is 0 Å². The van der Waals surface area contributed by atoms with Gasteiger partial charge in [0.25, 0.3) is 11.8 Å². The molecule has 0 fully saturated rings. The molecule has 4 rings (SSSR count). The number of pyridine rings is 1. The first kappa shape index (κ1) is 23.1. The summed E-state index contributed by atoms with van der Waals surface area (Å²) in [4.78, 5) is 31.4. The first-order valence-electron chi connectivity index (χ1n) is 10.1. The molecule has 3 aromatic rings. The number of ether oxygens (including phenoxy) is 2. The molecule has 0 spiro atoms. The topological polar surface area (TPSA) is 98.6 Å². The van der Waals surface area contributed by atoms with Gasteiger partial charge in [0.15, 0.2) is 0 Å². The van der Waals surface area contributed by atoms with Crippen molar-refractivity contribution < 1.29 is 32.2 Å². The van der Waals surface area contributed by atoms with Gasteiger partial charge >= 0.3 is 6.18 Å². The van der Waals surface area contributed by atoms with Gasteiger partial charge in [0, 0.05) is 18.3 Å². The summed E-state index contributed by atoms with van der Waals surface area (Å²) in [5, 5.41) is 6.88. The molecule has 1 aliphatic heterocycles. The number of anilines is 2. The third kappa shape index (κ3) is 4.14. The lowest BCUT2D eigenvalue weighted by atomic mass is 10.1. The van der Waals surface area contributed by atoms with Crippen molar-refractivity contribution in [2.24, 2.45) is 0 Å². The Labute approximate surface area is 192 Å². The van der Waals surface area contributed by atoms with Crippen molar-refractivity contribution in [2.45, 2.75) is 19.1 Å². The lowest BCUT2D eigenvalue weighted by Gasteiger charge is -2.31. The number of nitrogens with one attached hydrogen (secondary N) is 1. The van der Waals surface area contributed by atoms with E-state index in [0.717, 1.165) is 19.2 Å². The lowest BCUT2D eigenvalue weighted by Crippen LogP contribution is -2.44. The predicted molar refractivity (Wildman–Crippen MR) is 115 cm³/mol. The van der Waals surface area contributed by atoms with Crippen LogP contribution in [0.4, 0.5) is 24.7 Å². The first-order valence-corrected chi connectivity index (χ1v) is 10.1. The minimum atomic E-state index is -4.67. The zero-order chi connectivity index (χ0) is 24.6. The van der Waals surface area contributed by atoms with Crippen LogP contribution in [0.5, 0.6) is 11.6 Å². The lowest BCUT2D eigenvalue weighted by molar-refractivity contribution is -0.139. The van der Waals surface area contributed by atoms with E-state index in [1.54, 1.807) is 31.2 Å². The van der Waals surface area contributed by atoms with E-state index in [4.69, 9.17) is 9.47 Å². The average Bonchev–Trinajstić information content (AvgIpc) is 3.27. The number of rotatable bonds is 5. The van der Waals surface area contributed by atoms with E-state index >= 15 is 0 Å². The number of carbonyl (C=O) groups excluding carboxylic acids is 2. The fraction of sp³-hybridized carbons (Fsp3) is 0.273. The second-order valence-electron chi connectivity index (χ2n) is 7.53. The van der Waals surface area contributed by atoms with E-state index in [1.165, 1.54) is 22.9 Å². The van der Waals surface area contributed by atoms with Gasteiger partial charge in [-0.15, -0.1) is 0 Å². The fourth-order valence-corrected chi connectivity index (χ4v) is 3.68. The van der Waals surface area contributed by atoms with Crippen LogP contribution in [0.15, 0.2) is 42.6 Å². The Morgan fingerprint density at radius 2 is 1.94 bits per heavy atom. The summed E-state index contributed by atoms with van der Waals surface area (Å²) in [5.74, 6) is -1.35. The molecule has 1 N–H and O–H groups in total. The highest BCUT2D eigenvalue weighted by molar-refractivity contribution is 6.15. The Kier molecular flexibility index (Phi) is 5.90. The van der Waals surface area contributed by atoms with Crippen LogP contribution in [0.1, 0.15) is 39.4 Å². The number of halogens is 3. The van der Waals surface area contributed by atoms with E-state index < -0.39 is 29.4 Å². The van der Waals surface area contributed by atoms with E-state index in [9.17, 15) is 22.8 Å². The van der Waals surface area contributed by atoms with Gasteiger partial charge < -0.3 is 14.8 Å². The van der Waals surface area contributed by atoms with Gasteiger partial charge in [-0.2, -0.15) is 23.3 Å². The molecule has 1 atom stereocenters. The highest BCUT2D eigenvalue weighted by Gasteiger charge is 2.38. The molecule has 1 unspecified atom stereocenters. The van der Waals surface area contributed by atoms with Crippen LogP contribution in [0, 0.1) is 0 Å². The van der Waals surface area contributed by atoms with Gasteiger partial charge in [-0.3, -0.25) is 19.2 Å². The Bertz CT molecular complexity index is 1260. The smallest absolute Gasteiger partial charge is 0.421 e. The van der Waals surface area contributed by atoms with E-state index in [-0.39, 0.29) is 29.7 Å². The molecule has 178 valence electrons. The SMILES string of the molecule is COc1cccc(NC(=O)c2cnn3c2C(=O)N(c2ccc(C(F)(F)F)c(OC)n2)CC3C)c1. The van der Waals surface area contributed by atoms with Gasteiger partial charge in [-0.05, 0) is 31.2 Å². The minimum absolute atomic E-state index is 0.000175. The van der Waals surface area contributed by atoms with Crippen LogP contribution >= 0.6 is 0 Å². The fourth-order valence-electron chi connectivity index (χ4n) is 3.68. The van der Waals surface area contributed by atoms with Crippen LogP contribution < -0.4 is 19.7 Å². The van der Waals surface area contributed by atoms with Crippen molar-refractivity contribution in [3.63, 3.8) is 0 Å². The van der Waals surface area contributed by atoms with Crippen molar-refractivity contribution in [1.29, 1.82) is 0 Å². The number of benzene rings is 1. The Morgan fingerprint density at radius 3 is 2.62 bits per heavy atom. The number of carbonyl (C=O) groups is 2. The molecule has 3 heterocycles. The number of methoxy groups -OCH3 is 2. The molecule has 0 bridgehead atoms. The number of amides is 2. The molecule has 9 nitrogen and oxygen atoms in total. The van der Waals surface area contributed by atoms with Gasteiger partial charge in [0.1, 0.15) is 22.8 Å². The van der Waals surface area contributed by atoms with Crippen LogP contribution in [-0.2, 0) is 6.18 Å². The van der Waals surface area contributed by atoms with Crippen molar-refractivity contribution >= 4 is 23.3 Å². The van der Waals surface area contributed by atoms with Crippen molar-refractivity contribution in [1.82, 2.24) is 14.8 Å².